The van der Waals surface area contributed by atoms with E-state index < -0.39 is 0 Å². The Bertz CT molecular complexity index is 366. The summed E-state index contributed by atoms with van der Waals surface area (Å²) >= 11 is 0. The van der Waals surface area contributed by atoms with Crippen LogP contribution >= 0.6 is 0 Å². The summed E-state index contributed by atoms with van der Waals surface area (Å²) in [7, 11) is 1.35. The molecule has 0 aliphatic carbocycles. The Morgan fingerprint density at radius 3 is 2.35 bits per heavy atom. The summed E-state index contributed by atoms with van der Waals surface area (Å²) in [5.74, 6) is -0.296. The van der Waals surface area contributed by atoms with Crippen LogP contribution in [0.3, 0.4) is 0 Å². The van der Waals surface area contributed by atoms with Crippen LogP contribution in [0.15, 0.2) is 23.3 Å². The number of amides is 1. The summed E-state index contributed by atoms with van der Waals surface area (Å²) in [6.45, 7) is 6.81. The van der Waals surface area contributed by atoms with Gasteiger partial charge < -0.3 is 10.1 Å². The third kappa shape index (κ3) is 11.5. The molecule has 0 rings (SSSR count). The summed E-state index contributed by atoms with van der Waals surface area (Å²) in [4.78, 5) is 22.4. The van der Waals surface area contributed by atoms with E-state index in [4.69, 9.17) is 0 Å². The number of esters is 1. The Labute approximate surface area is 122 Å². The molecule has 0 saturated carbocycles. The maximum atomic E-state index is 11.5. The average Bonchev–Trinajstić information content (AvgIpc) is 2.38. The van der Waals surface area contributed by atoms with Crippen LogP contribution in [0.1, 0.15) is 52.9 Å². The van der Waals surface area contributed by atoms with Crippen molar-refractivity contribution < 1.29 is 14.3 Å². The molecule has 1 N–H and O–H groups in total. The van der Waals surface area contributed by atoms with E-state index in [1.54, 1.807) is 0 Å². The lowest BCUT2D eigenvalue weighted by atomic mass is 10.1. The summed E-state index contributed by atoms with van der Waals surface area (Å²) in [5, 5.41) is 2.82. The van der Waals surface area contributed by atoms with Crippen LogP contribution in [0.25, 0.3) is 0 Å². The number of allylic oxidation sites excluding steroid dienone is 3. The van der Waals surface area contributed by atoms with E-state index in [1.165, 1.54) is 18.3 Å². The van der Waals surface area contributed by atoms with Gasteiger partial charge in [-0.3, -0.25) is 9.59 Å². The second kappa shape index (κ2) is 11.3. The van der Waals surface area contributed by atoms with Gasteiger partial charge >= 0.3 is 5.97 Å². The van der Waals surface area contributed by atoms with Crippen LogP contribution in [-0.4, -0.2) is 25.5 Å². The van der Waals surface area contributed by atoms with Gasteiger partial charge in [0.1, 0.15) is 0 Å². The van der Waals surface area contributed by atoms with E-state index in [2.05, 4.69) is 36.9 Å². The molecule has 4 heteroatoms. The highest BCUT2D eigenvalue weighted by molar-refractivity contribution is 5.77. The highest BCUT2D eigenvalue weighted by atomic mass is 16.5. The fraction of sp³-hybridized carbons (Fsp3) is 0.625. The van der Waals surface area contributed by atoms with E-state index in [-0.39, 0.29) is 11.9 Å². The molecule has 0 unspecified atom stereocenters. The lowest BCUT2D eigenvalue weighted by molar-refractivity contribution is -0.140. The van der Waals surface area contributed by atoms with Gasteiger partial charge in [0, 0.05) is 19.4 Å². The lowest BCUT2D eigenvalue weighted by Gasteiger charge is -2.03. The van der Waals surface area contributed by atoms with Crippen LogP contribution in [0, 0.1) is 0 Å². The number of hydrogen-bond donors (Lipinski definition) is 1. The topological polar surface area (TPSA) is 55.4 Å². The van der Waals surface area contributed by atoms with Gasteiger partial charge in [0.15, 0.2) is 0 Å². The van der Waals surface area contributed by atoms with Crippen molar-refractivity contribution in [3.8, 4) is 0 Å². The molecule has 0 aromatic heterocycles. The molecule has 0 saturated heterocycles. The largest absolute Gasteiger partial charge is 0.469 e. The molecule has 20 heavy (non-hydrogen) atoms. The Balaban J connectivity index is 3.73. The van der Waals surface area contributed by atoms with Crippen molar-refractivity contribution in [3.63, 3.8) is 0 Å². The van der Waals surface area contributed by atoms with E-state index >= 15 is 0 Å². The fourth-order valence-electron chi connectivity index (χ4n) is 1.61. The molecule has 0 aliphatic heterocycles. The molecule has 0 atom stereocenters. The molecule has 1 amide bonds. The maximum Gasteiger partial charge on any atom is 0.305 e. The van der Waals surface area contributed by atoms with Gasteiger partial charge in [-0.2, -0.15) is 0 Å². The van der Waals surface area contributed by atoms with Crippen molar-refractivity contribution in [1.29, 1.82) is 0 Å². The van der Waals surface area contributed by atoms with Crippen molar-refractivity contribution in [2.45, 2.75) is 52.9 Å². The SMILES string of the molecule is COC(=O)CCCC(=O)NC/C=C(\C)CCC=C(C)C. The normalized spacial score (nSPS) is 10.9. The third-order valence-corrected chi connectivity index (χ3v) is 2.85. The van der Waals surface area contributed by atoms with Crippen molar-refractivity contribution in [1.82, 2.24) is 5.32 Å². The van der Waals surface area contributed by atoms with Gasteiger partial charge in [0.05, 0.1) is 7.11 Å². The van der Waals surface area contributed by atoms with Gasteiger partial charge in [0.25, 0.3) is 0 Å². The zero-order valence-electron chi connectivity index (χ0n) is 13.1. The molecule has 0 bridgehead atoms. The minimum Gasteiger partial charge on any atom is -0.469 e. The Morgan fingerprint density at radius 2 is 1.75 bits per heavy atom. The zero-order chi connectivity index (χ0) is 15.4. The Hall–Kier alpha value is -1.58. The molecule has 0 spiro atoms. The van der Waals surface area contributed by atoms with Crippen LogP contribution in [0.2, 0.25) is 0 Å². The molecule has 4 nitrogen and oxygen atoms in total. The number of carbonyl (C=O) groups excluding carboxylic acids is 2. The van der Waals surface area contributed by atoms with Gasteiger partial charge in [0.2, 0.25) is 5.91 Å². The van der Waals surface area contributed by atoms with E-state index in [9.17, 15) is 9.59 Å². The smallest absolute Gasteiger partial charge is 0.305 e. The molecule has 0 aromatic carbocycles. The molecular weight excluding hydrogens is 254 g/mol. The molecule has 114 valence electrons. The minimum absolute atomic E-state index is 0.0257. The van der Waals surface area contributed by atoms with Crippen LogP contribution in [0.4, 0.5) is 0 Å². The Morgan fingerprint density at radius 1 is 1.05 bits per heavy atom. The quantitative estimate of drug-likeness (QED) is 0.522. The Kier molecular flexibility index (Phi) is 10.4. The van der Waals surface area contributed by atoms with Crippen LogP contribution in [0.5, 0.6) is 0 Å². The molecular formula is C16H27NO3. The fourth-order valence-corrected chi connectivity index (χ4v) is 1.61. The van der Waals surface area contributed by atoms with E-state index in [1.807, 2.05) is 6.08 Å². The summed E-state index contributed by atoms with van der Waals surface area (Å²) in [6, 6.07) is 0. The molecule has 0 fully saturated rings. The highest BCUT2D eigenvalue weighted by Gasteiger charge is 2.03. The second-order valence-electron chi connectivity index (χ2n) is 5.10. The predicted molar refractivity (Wildman–Crippen MR) is 81.3 cm³/mol. The average molecular weight is 281 g/mol. The van der Waals surface area contributed by atoms with Gasteiger partial charge in [-0.15, -0.1) is 0 Å². The first kappa shape index (κ1) is 18.4. The summed E-state index contributed by atoms with van der Waals surface area (Å²) in [5.41, 5.74) is 2.61. The predicted octanol–water partition coefficient (Wildman–Crippen LogP) is 3.14. The second-order valence-corrected chi connectivity index (χ2v) is 5.10. The van der Waals surface area contributed by atoms with Crippen molar-refractivity contribution >= 4 is 11.9 Å². The highest BCUT2D eigenvalue weighted by Crippen LogP contribution is 2.06. The maximum absolute atomic E-state index is 11.5. The number of ether oxygens (including phenoxy) is 1. The third-order valence-electron chi connectivity index (χ3n) is 2.85. The first-order chi connectivity index (χ1) is 9.45. The monoisotopic (exact) mass is 281 g/mol. The van der Waals surface area contributed by atoms with Gasteiger partial charge in [-0.1, -0.05) is 23.3 Å². The lowest BCUT2D eigenvalue weighted by Crippen LogP contribution is -2.23. The van der Waals surface area contributed by atoms with Crippen LogP contribution < -0.4 is 5.32 Å². The molecule has 0 aromatic rings. The standard InChI is InChI=1S/C16H27NO3/c1-13(2)7-5-8-14(3)11-12-17-15(18)9-6-10-16(19)20-4/h7,11H,5-6,8-10,12H2,1-4H3,(H,17,18)/b14-11+. The summed E-state index contributed by atoms with van der Waals surface area (Å²) in [6.07, 6.45) is 7.49. The minimum atomic E-state index is -0.271. The molecule has 0 aliphatic rings. The van der Waals surface area contributed by atoms with E-state index in [0.717, 1.165) is 12.8 Å². The molecule has 0 heterocycles. The van der Waals surface area contributed by atoms with Crippen molar-refractivity contribution in [3.05, 3.63) is 23.3 Å². The summed E-state index contributed by atoms with van der Waals surface area (Å²) < 4.78 is 4.51. The van der Waals surface area contributed by atoms with Gasteiger partial charge in [-0.25, -0.2) is 0 Å². The number of nitrogens with one attached hydrogen (secondary N) is 1. The van der Waals surface area contributed by atoms with Crippen molar-refractivity contribution in [2.24, 2.45) is 0 Å². The first-order valence-electron chi connectivity index (χ1n) is 7.08. The zero-order valence-corrected chi connectivity index (χ0v) is 13.1. The van der Waals surface area contributed by atoms with Crippen molar-refractivity contribution in [2.75, 3.05) is 13.7 Å². The number of hydrogen-bond acceptors (Lipinski definition) is 3. The molecule has 0 radical (unpaired) electrons. The van der Waals surface area contributed by atoms with Crippen LogP contribution in [-0.2, 0) is 14.3 Å². The van der Waals surface area contributed by atoms with Gasteiger partial charge in [-0.05, 0) is 40.0 Å². The number of rotatable bonds is 9. The number of methoxy groups -OCH3 is 1. The number of carbonyl (C=O) groups is 2. The first-order valence-corrected chi connectivity index (χ1v) is 7.08. The van der Waals surface area contributed by atoms with E-state index in [0.29, 0.717) is 25.8 Å².